The first-order valence-electron chi connectivity index (χ1n) is 7.71. The summed E-state index contributed by atoms with van der Waals surface area (Å²) < 4.78 is 32.1. The molecule has 5 heteroatoms. The number of ether oxygens (including phenoxy) is 1. The number of aryl methyl sites for hydroxylation is 1. The minimum Gasteiger partial charge on any atom is -0.497 e. The molecule has 0 atom stereocenters. The highest BCUT2D eigenvalue weighted by atomic mass is 32.2. The standard InChI is InChI=1S/C20H21NO3S/c1-5-14-21(25(22,23)20-12-6-16(2)7-13-20)15-17(3)18-8-10-19(24-4)11-9-18/h1,6-13H,3,14-15H2,2,4H3. The zero-order valence-corrected chi connectivity index (χ0v) is 15.2. The molecule has 0 radical (unpaired) electrons. The lowest BCUT2D eigenvalue weighted by atomic mass is 10.1. The van der Waals surface area contributed by atoms with Crippen LogP contribution >= 0.6 is 0 Å². The van der Waals surface area contributed by atoms with E-state index in [4.69, 9.17) is 11.2 Å². The van der Waals surface area contributed by atoms with E-state index in [-0.39, 0.29) is 18.0 Å². The van der Waals surface area contributed by atoms with Gasteiger partial charge >= 0.3 is 0 Å². The topological polar surface area (TPSA) is 46.6 Å². The van der Waals surface area contributed by atoms with Crippen molar-refractivity contribution in [3.05, 3.63) is 66.2 Å². The highest BCUT2D eigenvalue weighted by Gasteiger charge is 2.24. The number of benzene rings is 2. The average Bonchev–Trinajstić information content (AvgIpc) is 2.61. The summed E-state index contributed by atoms with van der Waals surface area (Å²) in [5.41, 5.74) is 2.49. The molecule has 0 unspecified atom stereocenters. The zero-order chi connectivity index (χ0) is 18.4. The van der Waals surface area contributed by atoms with Gasteiger partial charge in [-0.1, -0.05) is 42.3 Å². The second kappa shape index (κ2) is 8.02. The summed E-state index contributed by atoms with van der Waals surface area (Å²) >= 11 is 0. The Labute approximate surface area is 149 Å². The molecule has 2 aromatic rings. The highest BCUT2D eigenvalue weighted by Crippen LogP contribution is 2.22. The van der Waals surface area contributed by atoms with E-state index < -0.39 is 10.0 Å². The smallest absolute Gasteiger partial charge is 0.244 e. The molecule has 0 aliphatic rings. The van der Waals surface area contributed by atoms with Gasteiger partial charge in [0.05, 0.1) is 18.6 Å². The maximum atomic E-state index is 12.9. The van der Waals surface area contributed by atoms with E-state index in [1.165, 1.54) is 4.31 Å². The summed E-state index contributed by atoms with van der Waals surface area (Å²) in [7, 11) is -2.10. The van der Waals surface area contributed by atoms with Crippen LogP contribution in [-0.2, 0) is 10.0 Å². The molecule has 0 aliphatic carbocycles. The molecule has 0 bridgehead atoms. The largest absolute Gasteiger partial charge is 0.497 e. The Morgan fingerprint density at radius 2 is 1.76 bits per heavy atom. The molecule has 0 saturated heterocycles. The predicted octanol–water partition coefficient (Wildman–Crippen LogP) is 3.34. The van der Waals surface area contributed by atoms with Crippen LogP contribution in [0.15, 0.2) is 60.0 Å². The number of hydrogen-bond acceptors (Lipinski definition) is 3. The first-order valence-corrected chi connectivity index (χ1v) is 9.15. The van der Waals surface area contributed by atoms with Crippen LogP contribution in [0.4, 0.5) is 0 Å². The maximum absolute atomic E-state index is 12.9. The molecule has 0 fully saturated rings. The van der Waals surface area contributed by atoms with Crippen molar-refractivity contribution in [3.63, 3.8) is 0 Å². The van der Waals surface area contributed by atoms with Crippen LogP contribution in [0.1, 0.15) is 11.1 Å². The Morgan fingerprint density at radius 3 is 2.28 bits per heavy atom. The van der Waals surface area contributed by atoms with Gasteiger partial charge in [-0.2, -0.15) is 4.31 Å². The number of sulfonamides is 1. The van der Waals surface area contributed by atoms with E-state index in [2.05, 4.69) is 12.5 Å². The Balaban J connectivity index is 2.26. The van der Waals surface area contributed by atoms with Gasteiger partial charge in [0.1, 0.15) is 5.75 Å². The normalized spacial score (nSPS) is 11.1. The van der Waals surface area contributed by atoms with Crippen molar-refractivity contribution in [2.75, 3.05) is 20.2 Å². The van der Waals surface area contributed by atoms with Crippen molar-refractivity contribution in [2.24, 2.45) is 0 Å². The van der Waals surface area contributed by atoms with Crippen LogP contribution < -0.4 is 4.74 Å². The number of terminal acetylenes is 1. The van der Waals surface area contributed by atoms with Crippen molar-refractivity contribution >= 4 is 15.6 Å². The molecule has 0 saturated carbocycles. The molecule has 25 heavy (non-hydrogen) atoms. The summed E-state index contributed by atoms with van der Waals surface area (Å²) in [5.74, 6) is 3.14. The molecular weight excluding hydrogens is 334 g/mol. The number of hydrogen-bond donors (Lipinski definition) is 0. The molecule has 0 spiro atoms. The minimum atomic E-state index is -3.69. The predicted molar refractivity (Wildman–Crippen MR) is 101 cm³/mol. The van der Waals surface area contributed by atoms with Gasteiger partial charge in [0.25, 0.3) is 0 Å². The molecule has 0 aromatic heterocycles. The average molecular weight is 355 g/mol. The maximum Gasteiger partial charge on any atom is 0.244 e. The number of nitrogens with zero attached hydrogens (tertiary/aromatic N) is 1. The van der Waals surface area contributed by atoms with E-state index in [1.807, 2.05) is 19.1 Å². The fourth-order valence-electron chi connectivity index (χ4n) is 2.32. The Hall–Kier alpha value is -2.55. The fourth-order valence-corrected chi connectivity index (χ4v) is 3.67. The van der Waals surface area contributed by atoms with Crippen molar-refractivity contribution < 1.29 is 13.2 Å². The van der Waals surface area contributed by atoms with E-state index in [0.29, 0.717) is 5.57 Å². The van der Waals surface area contributed by atoms with Gasteiger partial charge in [0.15, 0.2) is 0 Å². The van der Waals surface area contributed by atoms with Crippen LogP contribution in [0.25, 0.3) is 5.57 Å². The molecule has 0 amide bonds. The monoisotopic (exact) mass is 355 g/mol. The Morgan fingerprint density at radius 1 is 1.16 bits per heavy atom. The SMILES string of the molecule is C#CCN(CC(=C)c1ccc(OC)cc1)S(=O)(=O)c1ccc(C)cc1. The van der Waals surface area contributed by atoms with Crippen LogP contribution in [0.2, 0.25) is 0 Å². The Kier molecular flexibility index (Phi) is 6.02. The van der Waals surface area contributed by atoms with Crippen molar-refractivity contribution in [3.8, 4) is 18.1 Å². The lowest BCUT2D eigenvalue weighted by molar-refractivity contribution is 0.414. The van der Waals surface area contributed by atoms with E-state index in [9.17, 15) is 8.42 Å². The summed E-state index contributed by atoms with van der Waals surface area (Å²) in [6.07, 6.45) is 5.38. The minimum absolute atomic E-state index is 0.0224. The second-order valence-electron chi connectivity index (χ2n) is 5.62. The number of rotatable bonds is 7. The molecule has 2 rings (SSSR count). The molecule has 130 valence electrons. The molecule has 2 aromatic carbocycles. The lowest BCUT2D eigenvalue weighted by Gasteiger charge is -2.21. The summed E-state index contributed by atoms with van der Waals surface area (Å²) in [6, 6.07) is 14.0. The Bertz CT molecular complexity index is 876. The van der Waals surface area contributed by atoms with Crippen LogP contribution in [-0.4, -0.2) is 32.9 Å². The van der Waals surface area contributed by atoms with Crippen LogP contribution in [0.3, 0.4) is 0 Å². The van der Waals surface area contributed by atoms with E-state index >= 15 is 0 Å². The van der Waals surface area contributed by atoms with Gasteiger partial charge in [-0.15, -0.1) is 6.42 Å². The molecule has 0 aliphatic heterocycles. The highest BCUT2D eigenvalue weighted by molar-refractivity contribution is 7.89. The summed E-state index contributed by atoms with van der Waals surface area (Å²) in [5, 5.41) is 0. The molecule has 0 N–H and O–H groups in total. The van der Waals surface area contributed by atoms with Crippen molar-refractivity contribution in [1.29, 1.82) is 0 Å². The fraction of sp³-hybridized carbons (Fsp3) is 0.200. The summed E-state index contributed by atoms with van der Waals surface area (Å²) in [6.45, 7) is 6.01. The first kappa shape index (κ1) is 18.8. The van der Waals surface area contributed by atoms with Crippen molar-refractivity contribution in [2.45, 2.75) is 11.8 Å². The van der Waals surface area contributed by atoms with Crippen LogP contribution in [0.5, 0.6) is 5.75 Å². The van der Waals surface area contributed by atoms with Gasteiger partial charge in [-0.05, 0) is 42.3 Å². The van der Waals surface area contributed by atoms with Crippen LogP contribution in [0, 0.1) is 19.3 Å². The number of methoxy groups -OCH3 is 1. The summed E-state index contributed by atoms with van der Waals surface area (Å²) in [4.78, 5) is 0.218. The van der Waals surface area contributed by atoms with Crippen molar-refractivity contribution in [1.82, 2.24) is 4.31 Å². The van der Waals surface area contributed by atoms with Gasteiger partial charge in [-0.3, -0.25) is 0 Å². The third kappa shape index (κ3) is 4.50. The third-order valence-corrected chi connectivity index (χ3v) is 5.60. The first-order chi connectivity index (χ1) is 11.9. The third-order valence-electron chi connectivity index (χ3n) is 3.79. The zero-order valence-electron chi connectivity index (χ0n) is 14.4. The van der Waals surface area contributed by atoms with Gasteiger partial charge in [0, 0.05) is 6.54 Å². The van der Waals surface area contributed by atoms with Gasteiger partial charge < -0.3 is 4.74 Å². The molecule has 4 nitrogen and oxygen atoms in total. The van der Waals surface area contributed by atoms with Gasteiger partial charge in [0.2, 0.25) is 10.0 Å². The quantitative estimate of drug-likeness (QED) is 0.716. The van der Waals surface area contributed by atoms with E-state index in [0.717, 1.165) is 16.9 Å². The molecular formula is C20H21NO3S. The second-order valence-corrected chi connectivity index (χ2v) is 7.56. The van der Waals surface area contributed by atoms with Gasteiger partial charge in [-0.25, -0.2) is 8.42 Å². The van der Waals surface area contributed by atoms with E-state index in [1.54, 1.807) is 43.5 Å². The molecule has 0 heterocycles. The lowest BCUT2D eigenvalue weighted by Crippen LogP contribution is -2.32.